The lowest BCUT2D eigenvalue weighted by molar-refractivity contribution is -0.136. The number of rotatable bonds is 5. The van der Waals surface area contributed by atoms with Crippen molar-refractivity contribution in [2.75, 3.05) is 6.61 Å². The molecule has 0 radical (unpaired) electrons. The molecule has 2 N–H and O–H groups in total. The predicted molar refractivity (Wildman–Crippen MR) is 50.0 cm³/mol. The molecular weight excluding hydrogens is 168 g/mol. The van der Waals surface area contributed by atoms with Gasteiger partial charge in [-0.15, -0.1) is 6.42 Å². The van der Waals surface area contributed by atoms with Crippen LogP contribution < -0.4 is 0 Å². The minimum atomic E-state index is -0.875. The summed E-state index contributed by atoms with van der Waals surface area (Å²) in [6.07, 6.45) is 10.0. The van der Waals surface area contributed by atoms with E-state index in [1.54, 1.807) is 12.2 Å². The first-order chi connectivity index (χ1) is 6.20. The van der Waals surface area contributed by atoms with Crippen LogP contribution in [0.3, 0.4) is 0 Å². The van der Waals surface area contributed by atoms with Gasteiger partial charge >= 0.3 is 5.97 Å². The molecular formula is C10H12O3. The van der Waals surface area contributed by atoms with E-state index in [4.69, 9.17) is 16.6 Å². The van der Waals surface area contributed by atoms with E-state index in [2.05, 4.69) is 5.92 Å². The van der Waals surface area contributed by atoms with Crippen molar-refractivity contribution < 1.29 is 15.0 Å². The first-order valence-electron chi connectivity index (χ1n) is 3.84. The zero-order valence-electron chi connectivity index (χ0n) is 7.23. The van der Waals surface area contributed by atoms with E-state index < -0.39 is 5.97 Å². The van der Waals surface area contributed by atoms with E-state index in [0.717, 1.165) is 0 Å². The minimum absolute atomic E-state index is 0.0241. The maximum atomic E-state index is 10.2. The van der Waals surface area contributed by atoms with Crippen LogP contribution in [-0.2, 0) is 4.79 Å². The monoisotopic (exact) mass is 180 g/mol. The molecule has 0 atom stereocenters. The van der Waals surface area contributed by atoms with Crippen molar-refractivity contribution in [1.29, 1.82) is 0 Å². The number of hydrogen-bond donors (Lipinski definition) is 2. The quantitative estimate of drug-likeness (QED) is 0.489. The standard InChI is InChI=1S/C10H12O3/c1-2-3-4-5-9(8-11)6-7-10(12)13/h1,3-5,11H,6-8H2,(H,12,13)/b4-3-,9-5-. The van der Waals surface area contributed by atoms with Gasteiger partial charge in [0, 0.05) is 6.42 Å². The number of carbonyl (C=O) groups is 1. The maximum absolute atomic E-state index is 10.2. The second-order valence-corrected chi connectivity index (χ2v) is 2.40. The summed E-state index contributed by atoms with van der Waals surface area (Å²) in [4.78, 5) is 10.2. The molecule has 0 saturated carbocycles. The molecule has 0 unspecified atom stereocenters. The molecule has 0 spiro atoms. The average molecular weight is 180 g/mol. The smallest absolute Gasteiger partial charge is 0.303 e. The summed E-state index contributed by atoms with van der Waals surface area (Å²) >= 11 is 0. The van der Waals surface area contributed by atoms with Crippen LogP contribution >= 0.6 is 0 Å². The lowest BCUT2D eigenvalue weighted by atomic mass is 10.1. The summed E-state index contributed by atoms with van der Waals surface area (Å²) in [6, 6.07) is 0. The van der Waals surface area contributed by atoms with Crippen molar-refractivity contribution in [2.24, 2.45) is 0 Å². The van der Waals surface area contributed by atoms with Gasteiger partial charge in [0.15, 0.2) is 0 Å². The summed E-state index contributed by atoms with van der Waals surface area (Å²) in [6.45, 7) is -0.137. The Bertz CT molecular complexity index is 256. The van der Waals surface area contributed by atoms with Crippen LogP contribution in [0.15, 0.2) is 23.8 Å². The normalized spacial score (nSPS) is 11.5. The molecule has 0 rings (SSSR count). The Labute approximate surface area is 77.4 Å². The Balaban J connectivity index is 4.03. The Morgan fingerprint density at radius 3 is 2.62 bits per heavy atom. The molecule has 0 heterocycles. The van der Waals surface area contributed by atoms with Gasteiger partial charge in [-0.2, -0.15) is 0 Å². The van der Waals surface area contributed by atoms with Gasteiger partial charge in [-0.05, 0) is 18.1 Å². The van der Waals surface area contributed by atoms with Gasteiger partial charge in [0.05, 0.1) is 6.61 Å². The van der Waals surface area contributed by atoms with Crippen LogP contribution in [0.1, 0.15) is 12.8 Å². The number of carboxylic acid groups (broad SMARTS) is 1. The van der Waals surface area contributed by atoms with Gasteiger partial charge in [-0.25, -0.2) is 0 Å². The average Bonchev–Trinajstić information content (AvgIpc) is 2.10. The molecule has 0 aliphatic heterocycles. The molecule has 0 aliphatic carbocycles. The van der Waals surface area contributed by atoms with Crippen LogP contribution in [0.4, 0.5) is 0 Å². The summed E-state index contributed by atoms with van der Waals surface area (Å²) in [7, 11) is 0. The fraction of sp³-hybridized carbons (Fsp3) is 0.300. The highest BCUT2D eigenvalue weighted by molar-refractivity contribution is 5.67. The summed E-state index contributed by atoms with van der Waals surface area (Å²) in [5.41, 5.74) is 0.661. The highest BCUT2D eigenvalue weighted by atomic mass is 16.4. The van der Waals surface area contributed by atoms with Crippen molar-refractivity contribution in [3.8, 4) is 12.3 Å². The van der Waals surface area contributed by atoms with Crippen LogP contribution in [0.25, 0.3) is 0 Å². The third-order valence-corrected chi connectivity index (χ3v) is 1.39. The van der Waals surface area contributed by atoms with Gasteiger partial charge in [0.25, 0.3) is 0 Å². The molecule has 0 saturated heterocycles. The van der Waals surface area contributed by atoms with Crippen molar-refractivity contribution in [3.05, 3.63) is 23.8 Å². The van der Waals surface area contributed by atoms with E-state index in [-0.39, 0.29) is 13.0 Å². The fourth-order valence-corrected chi connectivity index (χ4v) is 0.722. The molecule has 0 aromatic carbocycles. The first kappa shape index (κ1) is 11.5. The Morgan fingerprint density at radius 1 is 1.46 bits per heavy atom. The molecule has 13 heavy (non-hydrogen) atoms. The molecule has 0 aliphatic rings. The Kier molecular flexibility index (Phi) is 6.30. The zero-order chi connectivity index (χ0) is 10.1. The summed E-state index contributed by atoms with van der Waals surface area (Å²) < 4.78 is 0. The SMILES string of the molecule is C#C/C=C\C=C(/CO)CCC(=O)O. The second kappa shape index (κ2) is 7.14. The Hall–Kier alpha value is -1.53. The van der Waals surface area contributed by atoms with Gasteiger partial charge in [0.2, 0.25) is 0 Å². The van der Waals surface area contributed by atoms with E-state index >= 15 is 0 Å². The molecule has 0 amide bonds. The third-order valence-electron chi connectivity index (χ3n) is 1.39. The van der Waals surface area contributed by atoms with Crippen LogP contribution in [0, 0.1) is 12.3 Å². The summed E-state index contributed by atoms with van der Waals surface area (Å²) in [5.74, 6) is 1.41. The Morgan fingerprint density at radius 2 is 2.15 bits per heavy atom. The molecule has 0 fully saturated rings. The molecule has 3 nitrogen and oxygen atoms in total. The van der Waals surface area contributed by atoms with Crippen molar-refractivity contribution in [1.82, 2.24) is 0 Å². The number of hydrogen-bond acceptors (Lipinski definition) is 2. The number of aliphatic carboxylic acids is 1. The number of aliphatic hydroxyl groups excluding tert-OH is 1. The fourth-order valence-electron chi connectivity index (χ4n) is 0.722. The topological polar surface area (TPSA) is 57.5 Å². The van der Waals surface area contributed by atoms with E-state index in [0.29, 0.717) is 12.0 Å². The second-order valence-electron chi connectivity index (χ2n) is 2.40. The highest BCUT2D eigenvalue weighted by Crippen LogP contribution is 2.04. The summed E-state index contributed by atoms with van der Waals surface area (Å²) in [5, 5.41) is 17.2. The number of terminal acetylenes is 1. The van der Waals surface area contributed by atoms with Crippen LogP contribution in [0.2, 0.25) is 0 Å². The third kappa shape index (κ3) is 6.85. The van der Waals surface area contributed by atoms with Crippen molar-refractivity contribution in [2.45, 2.75) is 12.8 Å². The van der Waals surface area contributed by atoms with Gasteiger partial charge in [0.1, 0.15) is 0 Å². The number of allylic oxidation sites excluding steroid dienone is 3. The van der Waals surface area contributed by atoms with Crippen LogP contribution in [-0.4, -0.2) is 22.8 Å². The molecule has 0 aromatic rings. The van der Waals surface area contributed by atoms with Gasteiger partial charge < -0.3 is 10.2 Å². The van der Waals surface area contributed by atoms with Crippen LogP contribution in [0.5, 0.6) is 0 Å². The van der Waals surface area contributed by atoms with Crippen molar-refractivity contribution in [3.63, 3.8) is 0 Å². The molecule has 0 bridgehead atoms. The first-order valence-corrected chi connectivity index (χ1v) is 3.84. The molecule has 70 valence electrons. The predicted octanol–water partition coefficient (Wildman–Crippen LogP) is 0.959. The van der Waals surface area contributed by atoms with E-state index in [1.165, 1.54) is 6.08 Å². The van der Waals surface area contributed by atoms with E-state index in [9.17, 15) is 4.79 Å². The number of aliphatic hydroxyl groups is 1. The zero-order valence-corrected chi connectivity index (χ0v) is 7.23. The van der Waals surface area contributed by atoms with Crippen molar-refractivity contribution >= 4 is 5.97 Å². The lowest BCUT2D eigenvalue weighted by Crippen LogP contribution is -1.98. The van der Waals surface area contributed by atoms with Gasteiger partial charge in [-0.1, -0.05) is 18.1 Å². The molecule has 3 heteroatoms. The lowest BCUT2D eigenvalue weighted by Gasteiger charge is -1.98. The largest absolute Gasteiger partial charge is 0.481 e. The van der Waals surface area contributed by atoms with E-state index in [1.807, 2.05) is 0 Å². The highest BCUT2D eigenvalue weighted by Gasteiger charge is 1.99. The number of carboxylic acids is 1. The van der Waals surface area contributed by atoms with Gasteiger partial charge in [-0.3, -0.25) is 4.79 Å². The molecule has 0 aromatic heterocycles. The minimum Gasteiger partial charge on any atom is -0.481 e. The maximum Gasteiger partial charge on any atom is 0.303 e.